The van der Waals surface area contributed by atoms with Gasteiger partial charge in [-0.1, -0.05) is 35.9 Å². The monoisotopic (exact) mass is 379 g/mol. The van der Waals surface area contributed by atoms with E-state index in [1.54, 1.807) is 24.3 Å². The first-order chi connectivity index (χ1) is 13.5. The van der Waals surface area contributed by atoms with E-state index in [9.17, 15) is 14.4 Å². The van der Waals surface area contributed by atoms with Gasteiger partial charge in [0.2, 0.25) is 5.91 Å². The van der Waals surface area contributed by atoms with E-state index in [0.717, 1.165) is 5.56 Å². The minimum Gasteiger partial charge on any atom is -0.352 e. The van der Waals surface area contributed by atoms with Crippen molar-refractivity contribution >= 4 is 17.7 Å². The van der Waals surface area contributed by atoms with E-state index in [1.165, 1.54) is 0 Å². The highest BCUT2D eigenvalue weighted by Gasteiger charge is 2.24. The minimum atomic E-state index is -0.269. The summed E-state index contributed by atoms with van der Waals surface area (Å²) in [6, 6.07) is 16.4. The van der Waals surface area contributed by atoms with Gasteiger partial charge in [-0.3, -0.25) is 14.4 Å². The molecule has 3 amide bonds. The van der Waals surface area contributed by atoms with Crippen LogP contribution >= 0.6 is 0 Å². The molecule has 1 fully saturated rings. The molecule has 0 bridgehead atoms. The topological polar surface area (TPSA) is 78.5 Å². The van der Waals surface area contributed by atoms with Crippen LogP contribution in [0.1, 0.15) is 39.1 Å². The van der Waals surface area contributed by atoms with Gasteiger partial charge in [0.1, 0.15) is 0 Å². The van der Waals surface area contributed by atoms with E-state index in [2.05, 4.69) is 10.6 Å². The van der Waals surface area contributed by atoms with Crippen molar-refractivity contribution in [3.63, 3.8) is 0 Å². The Morgan fingerprint density at radius 1 is 0.964 bits per heavy atom. The van der Waals surface area contributed by atoms with Crippen molar-refractivity contribution in [1.82, 2.24) is 15.5 Å². The van der Waals surface area contributed by atoms with E-state index >= 15 is 0 Å². The second-order valence-electron chi connectivity index (χ2n) is 7.05. The summed E-state index contributed by atoms with van der Waals surface area (Å²) < 4.78 is 0. The third-order valence-corrected chi connectivity index (χ3v) is 4.86. The number of aryl methyl sites for hydroxylation is 1. The standard InChI is InChI=1S/C22H25N3O3/c1-16-6-5-9-18(14-16)22(28)25-12-10-19(11-13-25)24-20(26)15-23-21(27)17-7-3-2-4-8-17/h2-9,14,19H,10-13,15H2,1H3,(H,23,27)(H,24,26). The fourth-order valence-electron chi connectivity index (χ4n) is 3.32. The molecule has 6 heteroatoms. The van der Waals surface area contributed by atoms with Crippen molar-refractivity contribution in [2.45, 2.75) is 25.8 Å². The lowest BCUT2D eigenvalue weighted by Crippen LogP contribution is -2.48. The number of likely N-dealkylation sites (tertiary alicyclic amines) is 1. The SMILES string of the molecule is Cc1cccc(C(=O)N2CCC(NC(=O)CNC(=O)c3ccccc3)CC2)c1. The Kier molecular flexibility index (Phi) is 6.42. The molecule has 0 aliphatic carbocycles. The number of hydrogen-bond donors (Lipinski definition) is 2. The fraction of sp³-hybridized carbons (Fsp3) is 0.318. The van der Waals surface area contributed by atoms with Crippen LogP contribution in [-0.2, 0) is 4.79 Å². The summed E-state index contributed by atoms with van der Waals surface area (Å²) >= 11 is 0. The normalized spacial score (nSPS) is 14.4. The van der Waals surface area contributed by atoms with E-state index in [0.29, 0.717) is 37.1 Å². The quantitative estimate of drug-likeness (QED) is 0.836. The summed E-state index contributed by atoms with van der Waals surface area (Å²) in [5.41, 5.74) is 2.29. The maximum Gasteiger partial charge on any atom is 0.253 e. The molecule has 0 saturated carbocycles. The Morgan fingerprint density at radius 3 is 2.32 bits per heavy atom. The number of nitrogens with one attached hydrogen (secondary N) is 2. The van der Waals surface area contributed by atoms with Gasteiger partial charge in [-0.25, -0.2) is 0 Å². The Hall–Kier alpha value is -3.15. The number of rotatable bonds is 5. The van der Waals surface area contributed by atoms with Crippen LogP contribution in [0, 0.1) is 6.92 Å². The molecule has 1 aliphatic heterocycles. The van der Waals surface area contributed by atoms with Crippen molar-refractivity contribution in [3.05, 3.63) is 71.3 Å². The number of benzene rings is 2. The Balaban J connectivity index is 1.42. The van der Waals surface area contributed by atoms with Gasteiger partial charge in [0, 0.05) is 30.3 Å². The van der Waals surface area contributed by atoms with Crippen molar-refractivity contribution in [2.24, 2.45) is 0 Å². The van der Waals surface area contributed by atoms with E-state index in [1.807, 2.05) is 42.2 Å². The predicted molar refractivity (Wildman–Crippen MR) is 107 cm³/mol. The van der Waals surface area contributed by atoms with Gasteiger partial charge >= 0.3 is 0 Å². The highest BCUT2D eigenvalue weighted by atomic mass is 16.2. The minimum absolute atomic E-state index is 0.0164. The molecular weight excluding hydrogens is 354 g/mol. The van der Waals surface area contributed by atoms with Gasteiger partial charge in [0.15, 0.2) is 0 Å². The van der Waals surface area contributed by atoms with Crippen molar-refractivity contribution in [2.75, 3.05) is 19.6 Å². The largest absolute Gasteiger partial charge is 0.352 e. The second-order valence-corrected chi connectivity index (χ2v) is 7.05. The molecule has 0 atom stereocenters. The van der Waals surface area contributed by atoms with Gasteiger partial charge in [-0.05, 0) is 44.0 Å². The lowest BCUT2D eigenvalue weighted by molar-refractivity contribution is -0.121. The van der Waals surface area contributed by atoms with Gasteiger partial charge in [0.05, 0.1) is 6.54 Å². The molecule has 2 aromatic rings. The smallest absolute Gasteiger partial charge is 0.253 e. The first-order valence-electron chi connectivity index (χ1n) is 9.51. The van der Waals surface area contributed by atoms with Gasteiger partial charge < -0.3 is 15.5 Å². The van der Waals surface area contributed by atoms with Gasteiger partial charge in [0.25, 0.3) is 11.8 Å². The highest BCUT2D eigenvalue weighted by molar-refractivity contribution is 5.96. The first-order valence-corrected chi connectivity index (χ1v) is 9.51. The van der Waals surface area contributed by atoms with Crippen LogP contribution in [0.15, 0.2) is 54.6 Å². The number of carbonyl (C=O) groups is 3. The molecular formula is C22H25N3O3. The van der Waals surface area contributed by atoms with Crippen molar-refractivity contribution in [3.8, 4) is 0 Å². The number of hydrogen-bond acceptors (Lipinski definition) is 3. The Bertz CT molecular complexity index is 843. The van der Waals surface area contributed by atoms with E-state index in [-0.39, 0.29) is 30.3 Å². The molecule has 0 spiro atoms. The fourth-order valence-corrected chi connectivity index (χ4v) is 3.32. The molecule has 0 aromatic heterocycles. The predicted octanol–water partition coefficient (Wildman–Crippen LogP) is 2.15. The molecule has 0 radical (unpaired) electrons. The molecule has 6 nitrogen and oxygen atoms in total. The van der Waals surface area contributed by atoms with E-state index < -0.39 is 0 Å². The molecule has 2 N–H and O–H groups in total. The molecule has 2 aromatic carbocycles. The lowest BCUT2D eigenvalue weighted by Gasteiger charge is -2.32. The summed E-state index contributed by atoms with van der Waals surface area (Å²) in [4.78, 5) is 38.5. The molecule has 1 aliphatic rings. The highest BCUT2D eigenvalue weighted by Crippen LogP contribution is 2.15. The van der Waals surface area contributed by atoms with Crippen LogP contribution in [-0.4, -0.2) is 48.3 Å². The molecule has 0 unspecified atom stereocenters. The third-order valence-electron chi connectivity index (χ3n) is 4.86. The zero-order valence-corrected chi connectivity index (χ0v) is 16.0. The maximum atomic E-state index is 12.6. The Morgan fingerprint density at radius 2 is 1.64 bits per heavy atom. The summed E-state index contributed by atoms with van der Waals surface area (Å²) in [5.74, 6) is -0.453. The summed E-state index contributed by atoms with van der Waals surface area (Å²) in [6.07, 6.45) is 1.41. The van der Waals surface area contributed by atoms with Gasteiger partial charge in [-0.2, -0.15) is 0 Å². The summed E-state index contributed by atoms with van der Waals surface area (Å²) in [6.45, 7) is 3.12. The molecule has 1 heterocycles. The van der Waals surface area contributed by atoms with Crippen LogP contribution in [0.4, 0.5) is 0 Å². The van der Waals surface area contributed by atoms with Crippen LogP contribution in [0.25, 0.3) is 0 Å². The maximum absolute atomic E-state index is 12.6. The van der Waals surface area contributed by atoms with Crippen LogP contribution in [0.5, 0.6) is 0 Å². The van der Waals surface area contributed by atoms with E-state index in [4.69, 9.17) is 0 Å². The number of carbonyl (C=O) groups excluding carboxylic acids is 3. The average molecular weight is 379 g/mol. The van der Waals surface area contributed by atoms with Crippen LogP contribution in [0.3, 0.4) is 0 Å². The zero-order valence-electron chi connectivity index (χ0n) is 16.0. The number of piperidine rings is 1. The van der Waals surface area contributed by atoms with Crippen LogP contribution in [0.2, 0.25) is 0 Å². The average Bonchev–Trinajstić information content (AvgIpc) is 2.72. The van der Waals surface area contributed by atoms with Crippen molar-refractivity contribution < 1.29 is 14.4 Å². The first kappa shape index (κ1) is 19.6. The molecule has 3 rings (SSSR count). The van der Waals surface area contributed by atoms with Gasteiger partial charge in [-0.15, -0.1) is 0 Å². The molecule has 28 heavy (non-hydrogen) atoms. The number of amides is 3. The van der Waals surface area contributed by atoms with Crippen LogP contribution < -0.4 is 10.6 Å². The van der Waals surface area contributed by atoms with Crippen molar-refractivity contribution in [1.29, 1.82) is 0 Å². The summed E-state index contributed by atoms with van der Waals surface area (Å²) in [5, 5.41) is 5.57. The zero-order chi connectivity index (χ0) is 19.9. The number of nitrogens with zero attached hydrogens (tertiary/aromatic N) is 1. The second kappa shape index (κ2) is 9.17. The lowest BCUT2D eigenvalue weighted by atomic mass is 10.0. The molecule has 146 valence electrons. The third kappa shape index (κ3) is 5.19. The molecule has 1 saturated heterocycles. The Labute approximate surface area is 164 Å². The summed E-state index contributed by atoms with van der Waals surface area (Å²) in [7, 11) is 0.